The Bertz CT molecular complexity index is 588. The van der Waals surface area contributed by atoms with E-state index in [1.165, 1.54) is 25.7 Å². The van der Waals surface area contributed by atoms with Crippen LogP contribution in [0.4, 0.5) is 4.39 Å². The van der Waals surface area contributed by atoms with Gasteiger partial charge in [-0.05, 0) is 55.7 Å². The lowest BCUT2D eigenvalue weighted by atomic mass is 9.83. The summed E-state index contributed by atoms with van der Waals surface area (Å²) in [5, 5.41) is 6.85. The van der Waals surface area contributed by atoms with Gasteiger partial charge in [-0.1, -0.05) is 25.0 Å². The summed E-state index contributed by atoms with van der Waals surface area (Å²) >= 11 is 0. The molecule has 2 N–H and O–H groups in total. The molecule has 1 aliphatic carbocycles. The molecular formula is C20H33FIN3O. The van der Waals surface area contributed by atoms with Crippen LogP contribution in [0.5, 0.6) is 0 Å². The van der Waals surface area contributed by atoms with Crippen LogP contribution in [0.25, 0.3) is 0 Å². The number of halogens is 2. The topological polar surface area (TPSA) is 45.7 Å². The highest BCUT2D eigenvalue weighted by molar-refractivity contribution is 14.0. The fourth-order valence-electron chi connectivity index (χ4n) is 3.59. The standard InChI is InChI=1S/C20H32FN3O.HI/c1-15-7-8-17(13-18(15)21)16(2)24-19(22-3)23-14-20(11-12-25-4)9-5-6-10-20;/h7-8,13,16H,5-6,9-12,14H2,1-4H3,(H2,22,23,24);1H. The van der Waals surface area contributed by atoms with Crippen molar-refractivity contribution in [3.8, 4) is 0 Å². The number of guanidine groups is 1. The molecule has 2 rings (SSSR count). The molecule has 0 radical (unpaired) electrons. The third-order valence-electron chi connectivity index (χ3n) is 5.40. The number of hydrogen-bond acceptors (Lipinski definition) is 2. The first-order chi connectivity index (χ1) is 12.0. The van der Waals surface area contributed by atoms with Crippen molar-refractivity contribution < 1.29 is 9.13 Å². The number of ether oxygens (including phenoxy) is 1. The lowest BCUT2D eigenvalue weighted by Crippen LogP contribution is -2.44. The highest BCUT2D eigenvalue weighted by Gasteiger charge is 2.33. The van der Waals surface area contributed by atoms with Gasteiger partial charge in [-0.25, -0.2) is 4.39 Å². The van der Waals surface area contributed by atoms with E-state index < -0.39 is 0 Å². The van der Waals surface area contributed by atoms with Crippen LogP contribution in [-0.2, 0) is 4.74 Å². The molecule has 4 nitrogen and oxygen atoms in total. The molecule has 0 bridgehead atoms. The van der Waals surface area contributed by atoms with Gasteiger partial charge in [0.15, 0.2) is 5.96 Å². The molecule has 0 aliphatic heterocycles. The van der Waals surface area contributed by atoms with Gasteiger partial charge in [0.1, 0.15) is 5.82 Å². The average molecular weight is 477 g/mol. The number of nitrogens with zero attached hydrogens (tertiary/aromatic N) is 1. The number of aliphatic imine (C=N–C) groups is 1. The fourth-order valence-corrected chi connectivity index (χ4v) is 3.59. The summed E-state index contributed by atoms with van der Waals surface area (Å²) in [6, 6.07) is 5.36. The van der Waals surface area contributed by atoms with Gasteiger partial charge in [0, 0.05) is 27.3 Å². The van der Waals surface area contributed by atoms with Crippen molar-refractivity contribution in [3.05, 3.63) is 35.1 Å². The molecule has 1 saturated carbocycles. The van der Waals surface area contributed by atoms with E-state index in [0.29, 0.717) is 11.0 Å². The lowest BCUT2D eigenvalue weighted by molar-refractivity contribution is 0.138. The van der Waals surface area contributed by atoms with Gasteiger partial charge < -0.3 is 15.4 Å². The smallest absolute Gasteiger partial charge is 0.191 e. The molecule has 1 aromatic carbocycles. The van der Waals surface area contributed by atoms with Crippen molar-refractivity contribution in [2.45, 2.75) is 52.0 Å². The van der Waals surface area contributed by atoms with Crippen LogP contribution in [0.3, 0.4) is 0 Å². The number of hydrogen-bond donors (Lipinski definition) is 2. The molecule has 1 aliphatic rings. The Kier molecular flexibility index (Phi) is 9.85. The minimum absolute atomic E-state index is 0. The summed E-state index contributed by atoms with van der Waals surface area (Å²) in [5.74, 6) is 0.593. The van der Waals surface area contributed by atoms with Crippen molar-refractivity contribution in [1.82, 2.24) is 10.6 Å². The molecule has 6 heteroatoms. The minimum Gasteiger partial charge on any atom is -0.385 e. The average Bonchev–Trinajstić information content (AvgIpc) is 3.08. The van der Waals surface area contributed by atoms with Crippen LogP contribution in [0.1, 0.15) is 56.2 Å². The zero-order valence-corrected chi connectivity index (χ0v) is 18.7. The first kappa shape index (κ1) is 23.1. The van der Waals surface area contributed by atoms with Crippen LogP contribution >= 0.6 is 24.0 Å². The predicted molar refractivity (Wildman–Crippen MR) is 117 cm³/mol. The number of rotatable bonds is 7. The normalized spacial score (nSPS) is 17.5. The maximum Gasteiger partial charge on any atom is 0.191 e. The molecule has 1 unspecified atom stereocenters. The Morgan fingerprint density at radius 1 is 1.35 bits per heavy atom. The van der Waals surface area contributed by atoms with Crippen molar-refractivity contribution in [3.63, 3.8) is 0 Å². The number of methoxy groups -OCH3 is 1. The molecule has 0 heterocycles. The summed E-state index contributed by atoms with van der Waals surface area (Å²) in [6.07, 6.45) is 6.12. The second kappa shape index (κ2) is 11.1. The van der Waals surface area contributed by atoms with Crippen LogP contribution in [0, 0.1) is 18.2 Å². The summed E-state index contributed by atoms with van der Waals surface area (Å²) in [5.41, 5.74) is 1.88. The number of nitrogens with one attached hydrogen (secondary N) is 2. The Morgan fingerprint density at radius 3 is 2.62 bits per heavy atom. The largest absolute Gasteiger partial charge is 0.385 e. The van der Waals surface area contributed by atoms with Crippen LogP contribution in [-0.4, -0.2) is 33.3 Å². The SMILES string of the molecule is CN=C(NCC1(CCOC)CCCC1)NC(C)c1ccc(C)c(F)c1.I. The van der Waals surface area contributed by atoms with E-state index in [4.69, 9.17) is 4.74 Å². The number of benzene rings is 1. The fraction of sp³-hybridized carbons (Fsp3) is 0.650. The van der Waals surface area contributed by atoms with Gasteiger partial charge in [0.05, 0.1) is 6.04 Å². The van der Waals surface area contributed by atoms with Gasteiger partial charge in [0.2, 0.25) is 0 Å². The van der Waals surface area contributed by atoms with Crippen LogP contribution < -0.4 is 10.6 Å². The van der Waals surface area contributed by atoms with Crippen molar-refractivity contribution in [2.75, 3.05) is 27.3 Å². The molecule has 1 atom stereocenters. The Hall–Kier alpha value is -0.890. The maximum atomic E-state index is 13.8. The van der Waals surface area contributed by atoms with Crippen LogP contribution in [0.15, 0.2) is 23.2 Å². The van der Waals surface area contributed by atoms with Gasteiger partial charge >= 0.3 is 0 Å². The van der Waals surface area contributed by atoms with Crippen molar-refractivity contribution in [2.24, 2.45) is 10.4 Å². The molecule has 1 fully saturated rings. The highest BCUT2D eigenvalue weighted by atomic mass is 127. The van der Waals surface area contributed by atoms with Gasteiger partial charge in [-0.2, -0.15) is 0 Å². The van der Waals surface area contributed by atoms with E-state index in [1.54, 1.807) is 27.1 Å². The monoisotopic (exact) mass is 477 g/mol. The van der Waals surface area contributed by atoms with Gasteiger partial charge in [0.25, 0.3) is 0 Å². The zero-order valence-electron chi connectivity index (χ0n) is 16.4. The zero-order chi connectivity index (χ0) is 18.3. The quantitative estimate of drug-likeness (QED) is 0.344. The molecule has 0 spiro atoms. The molecule has 0 amide bonds. The van der Waals surface area contributed by atoms with Gasteiger partial charge in [-0.15, -0.1) is 24.0 Å². The maximum absolute atomic E-state index is 13.8. The Balaban J connectivity index is 0.00000338. The predicted octanol–water partition coefficient (Wildman–Crippen LogP) is 4.58. The first-order valence-electron chi connectivity index (χ1n) is 9.22. The van der Waals surface area contributed by atoms with Gasteiger partial charge in [-0.3, -0.25) is 4.99 Å². The first-order valence-corrected chi connectivity index (χ1v) is 9.22. The highest BCUT2D eigenvalue weighted by Crippen LogP contribution is 2.40. The van der Waals surface area contributed by atoms with E-state index in [0.717, 1.165) is 31.1 Å². The molecular weight excluding hydrogens is 444 g/mol. The molecule has 26 heavy (non-hydrogen) atoms. The molecule has 0 saturated heterocycles. The molecule has 0 aromatic heterocycles. The second-order valence-electron chi connectivity index (χ2n) is 7.25. The van der Waals surface area contributed by atoms with E-state index in [-0.39, 0.29) is 35.8 Å². The third-order valence-corrected chi connectivity index (χ3v) is 5.40. The number of aryl methyl sites for hydroxylation is 1. The van der Waals surface area contributed by atoms with Crippen molar-refractivity contribution >= 4 is 29.9 Å². The third kappa shape index (κ3) is 6.37. The summed E-state index contributed by atoms with van der Waals surface area (Å²) in [7, 11) is 3.53. The minimum atomic E-state index is -0.168. The Morgan fingerprint density at radius 2 is 2.04 bits per heavy atom. The van der Waals surface area contributed by atoms with Crippen molar-refractivity contribution in [1.29, 1.82) is 0 Å². The molecule has 1 aromatic rings. The summed E-state index contributed by atoms with van der Waals surface area (Å²) in [4.78, 5) is 4.34. The van der Waals surface area contributed by atoms with Crippen LogP contribution in [0.2, 0.25) is 0 Å². The van der Waals surface area contributed by atoms with E-state index in [1.807, 2.05) is 19.1 Å². The Labute approximate surface area is 174 Å². The van der Waals surface area contributed by atoms with E-state index in [2.05, 4.69) is 15.6 Å². The summed E-state index contributed by atoms with van der Waals surface area (Å²) in [6.45, 7) is 5.49. The second-order valence-corrected chi connectivity index (χ2v) is 7.25. The lowest BCUT2D eigenvalue weighted by Gasteiger charge is -2.30. The van der Waals surface area contributed by atoms with E-state index >= 15 is 0 Å². The molecule has 148 valence electrons. The van der Waals surface area contributed by atoms with E-state index in [9.17, 15) is 4.39 Å². The summed E-state index contributed by atoms with van der Waals surface area (Å²) < 4.78 is 19.1.